The minimum Gasteiger partial charge on any atom is -0.473 e. The van der Waals surface area contributed by atoms with Crippen LogP contribution in [-0.2, 0) is 22.7 Å². The van der Waals surface area contributed by atoms with Crippen LogP contribution in [0, 0.1) is 0 Å². The summed E-state index contributed by atoms with van der Waals surface area (Å²) < 4.78 is 17.9. The summed E-state index contributed by atoms with van der Waals surface area (Å²) in [6, 6.07) is 29.6. The van der Waals surface area contributed by atoms with Crippen molar-refractivity contribution in [1.82, 2.24) is 9.88 Å². The maximum Gasteiger partial charge on any atom is 0.410 e. The fourth-order valence-corrected chi connectivity index (χ4v) is 5.21. The minimum absolute atomic E-state index is 0.318. The highest BCUT2D eigenvalue weighted by molar-refractivity contribution is 5.89. The Hall–Kier alpha value is -5.31. The van der Waals surface area contributed by atoms with Crippen molar-refractivity contribution in [2.24, 2.45) is 0 Å². The molecule has 4 aromatic rings. The van der Waals surface area contributed by atoms with Gasteiger partial charge in [-0.3, -0.25) is 4.79 Å². The minimum atomic E-state index is -0.547. The fraction of sp³-hybridized carbons (Fsp3) is 0.289. The Balaban J connectivity index is 1.42. The van der Waals surface area contributed by atoms with Crippen molar-refractivity contribution >= 4 is 35.1 Å². The summed E-state index contributed by atoms with van der Waals surface area (Å²) in [5, 5.41) is 0. The maximum absolute atomic E-state index is 12.6. The van der Waals surface area contributed by atoms with E-state index < -0.39 is 5.60 Å². The van der Waals surface area contributed by atoms with Gasteiger partial charge in [-0.2, -0.15) is 4.98 Å². The molecular weight excluding hydrogens is 592 g/mol. The van der Waals surface area contributed by atoms with Crippen molar-refractivity contribution in [2.45, 2.75) is 46.0 Å². The molecule has 0 radical (unpaired) electrons. The average molecular weight is 635 g/mol. The highest BCUT2D eigenvalue weighted by Crippen LogP contribution is 2.40. The molecule has 244 valence electrons. The molecule has 9 heteroatoms. The molecule has 0 unspecified atom stereocenters. The molecular formula is C38H42N4O5. The normalized spacial score (nSPS) is 13.0. The lowest BCUT2D eigenvalue weighted by atomic mass is 9.98. The van der Waals surface area contributed by atoms with Crippen LogP contribution in [0.5, 0.6) is 11.8 Å². The van der Waals surface area contributed by atoms with Gasteiger partial charge in [0.15, 0.2) is 0 Å². The molecule has 0 fully saturated rings. The summed E-state index contributed by atoms with van der Waals surface area (Å²) in [6.07, 6.45) is 3.19. The van der Waals surface area contributed by atoms with Gasteiger partial charge >= 0.3 is 6.09 Å². The van der Waals surface area contributed by atoms with E-state index in [0.717, 1.165) is 34.4 Å². The van der Waals surface area contributed by atoms with Crippen LogP contribution in [-0.4, -0.2) is 55.2 Å². The Kier molecular flexibility index (Phi) is 10.5. The van der Waals surface area contributed by atoms with Gasteiger partial charge in [0, 0.05) is 33.3 Å². The lowest BCUT2D eigenvalue weighted by Crippen LogP contribution is -2.39. The zero-order valence-electron chi connectivity index (χ0n) is 27.7. The van der Waals surface area contributed by atoms with Gasteiger partial charge in [0.2, 0.25) is 18.2 Å². The molecule has 5 rings (SSSR count). The third-order valence-electron chi connectivity index (χ3n) is 7.73. The number of hydrogen-bond donors (Lipinski definition) is 0. The molecule has 0 aliphatic carbocycles. The first-order valence-electron chi connectivity index (χ1n) is 15.7. The Morgan fingerprint density at radius 1 is 0.851 bits per heavy atom. The van der Waals surface area contributed by atoms with Gasteiger partial charge in [0.1, 0.15) is 24.5 Å². The number of carbonyl (C=O) groups is 2. The predicted octanol–water partition coefficient (Wildman–Crippen LogP) is 7.62. The second kappa shape index (κ2) is 14.9. The van der Waals surface area contributed by atoms with Crippen LogP contribution < -0.4 is 19.3 Å². The highest BCUT2D eigenvalue weighted by Gasteiger charge is 2.25. The molecule has 3 aromatic carbocycles. The van der Waals surface area contributed by atoms with Crippen molar-refractivity contribution < 1.29 is 23.8 Å². The first-order chi connectivity index (χ1) is 22.6. The van der Waals surface area contributed by atoms with E-state index in [1.165, 1.54) is 0 Å². The summed E-state index contributed by atoms with van der Waals surface area (Å²) in [6.45, 7) is 7.30. The molecule has 1 aromatic heterocycles. The molecule has 1 aliphatic rings. The number of nitrogens with zero attached hydrogens (tertiary/aromatic N) is 4. The van der Waals surface area contributed by atoms with E-state index in [1.54, 1.807) is 16.8 Å². The molecule has 2 heterocycles. The Morgan fingerprint density at radius 2 is 1.49 bits per heavy atom. The fourth-order valence-electron chi connectivity index (χ4n) is 5.21. The van der Waals surface area contributed by atoms with Crippen LogP contribution in [0.4, 0.5) is 21.9 Å². The number of carbonyl (C=O) groups excluding carboxylic acids is 2. The van der Waals surface area contributed by atoms with Crippen LogP contribution in [0.15, 0.2) is 97.1 Å². The summed E-state index contributed by atoms with van der Waals surface area (Å²) in [4.78, 5) is 34.6. The largest absolute Gasteiger partial charge is 0.473 e. The van der Waals surface area contributed by atoms with E-state index >= 15 is 0 Å². The van der Waals surface area contributed by atoms with E-state index in [4.69, 9.17) is 19.2 Å². The molecule has 0 N–H and O–H groups in total. The second-order valence-corrected chi connectivity index (χ2v) is 12.4. The van der Waals surface area contributed by atoms with Gasteiger partial charge in [-0.15, -0.1) is 0 Å². The Labute approximate surface area is 277 Å². The van der Waals surface area contributed by atoms with Crippen molar-refractivity contribution in [3.8, 4) is 11.8 Å². The molecule has 0 bridgehead atoms. The molecule has 0 spiro atoms. The number of aromatic nitrogens is 1. The Morgan fingerprint density at radius 3 is 2.09 bits per heavy atom. The lowest BCUT2D eigenvalue weighted by Gasteiger charge is -2.30. The third-order valence-corrected chi connectivity index (χ3v) is 7.73. The molecule has 0 saturated carbocycles. The molecule has 0 atom stereocenters. The number of rotatable bonds is 11. The number of benzene rings is 3. The average Bonchev–Trinajstić information content (AvgIpc) is 3.09. The number of hydrogen-bond acceptors (Lipinski definition) is 7. The SMILES string of the molecule is CN(C=O)c1cc(C2=CCN(C(=O)OC(C)(C)C)CC2)ccc1N(C)c1ccc(OCc2ccccc2)nc1OCc1ccccc1. The first kappa shape index (κ1) is 33.1. The van der Waals surface area contributed by atoms with Crippen LogP contribution in [0.2, 0.25) is 0 Å². The summed E-state index contributed by atoms with van der Waals surface area (Å²) >= 11 is 0. The number of ether oxygens (including phenoxy) is 3. The summed E-state index contributed by atoms with van der Waals surface area (Å²) in [5.74, 6) is 0.849. The number of anilines is 3. The van der Waals surface area contributed by atoms with Crippen LogP contribution in [0.25, 0.3) is 5.57 Å². The Bertz CT molecular complexity index is 1700. The quantitative estimate of drug-likeness (QED) is 0.157. The second-order valence-electron chi connectivity index (χ2n) is 12.4. The van der Waals surface area contributed by atoms with Crippen LogP contribution in [0.3, 0.4) is 0 Å². The highest BCUT2D eigenvalue weighted by atomic mass is 16.6. The summed E-state index contributed by atoms with van der Waals surface area (Å²) in [7, 11) is 3.65. The first-order valence-corrected chi connectivity index (χ1v) is 15.7. The van der Waals surface area contributed by atoms with E-state index in [9.17, 15) is 9.59 Å². The van der Waals surface area contributed by atoms with Gasteiger partial charge in [0.05, 0.1) is 11.4 Å². The van der Waals surface area contributed by atoms with Crippen LogP contribution >= 0.6 is 0 Å². The van der Waals surface area contributed by atoms with Crippen LogP contribution in [0.1, 0.15) is 43.9 Å². The van der Waals surface area contributed by atoms with Crippen molar-refractivity contribution in [2.75, 3.05) is 37.0 Å². The number of pyridine rings is 1. The van der Waals surface area contributed by atoms with Gasteiger partial charge in [-0.05, 0) is 67.7 Å². The monoisotopic (exact) mass is 634 g/mol. The van der Waals surface area contributed by atoms with Gasteiger partial charge < -0.3 is 28.9 Å². The summed E-state index contributed by atoms with van der Waals surface area (Å²) in [5.41, 5.74) is 5.81. The molecule has 2 amide bonds. The third kappa shape index (κ3) is 8.70. The topological polar surface area (TPSA) is 84.4 Å². The molecule has 0 saturated heterocycles. The van der Waals surface area contributed by atoms with Crippen molar-refractivity contribution in [3.63, 3.8) is 0 Å². The maximum atomic E-state index is 12.6. The van der Waals surface area contributed by atoms with E-state index in [1.807, 2.05) is 130 Å². The van der Waals surface area contributed by atoms with E-state index in [-0.39, 0.29) is 6.09 Å². The predicted molar refractivity (Wildman–Crippen MR) is 185 cm³/mol. The van der Waals surface area contributed by atoms with Gasteiger partial charge in [0.25, 0.3) is 0 Å². The zero-order valence-corrected chi connectivity index (χ0v) is 27.7. The van der Waals surface area contributed by atoms with Crippen molar-refractivity contribution in [1.29, 1.82) is 0 Å². The molecule has 1 aliphatic heterocycles. The van der Waals surface area contributed by atoms with Crippen molar-refractivity contribution in [3.05, 3.63) is 114 Å². The standard InChI is InChI=1S/C38H42N4O5/c1-38(2,3)47-37(44)42-22-20-30(21-23-42)31-16-17-32(34(24-31)40(4)27-43)41(5)33-18-19-35(45-25-28-12-8-6-9-13-28)39-36(33)46-26-29-14-10-7-11-15-29/h6-20,24,27H,21-23,25-26H2,1-5H3. The van der Waals surface area contributed by atoms with Gasteiger partial charge in [-0.1, -0.05) is 72.8 Å². The van der Waals surface area contributed by atoms with Gasteiger partial charge in [-0.25, -0.2) is 4.79 Å². The number of amides is 2. The zero-order chi connectivity index (χ0) is 33.4. The molecule has 9 nitrogen and oxygen atoms in total. The van der Waals surface area contributed by atoms with E-state index in [0.29, 0.717) is 55.9 Å². The van der Waals surface area contributed by atoms with E-state index in [2.05, 4.69) is 0 Å². The lowest BCUT2D eigenvalue weighted by molar-refractivity contribution is -0.107. The smallest absolute Gasteiger partial charge is 0.410 e. The molecule has 47 heavy (non-hydrogen) atoms.